The molecule has 0 radical (unpaired) electrons. The lowest BCUT2D eigenvalue weighted by Crippen LogP contribution is -2.83. The van der Waals surface area contributed by atoms with E-state index >= 15 is 0 Å². The predicted molar refractivity (Wildman–Crippen MR) is 116 cm³/mol. The summed E-state index contributed by atoms with van der Waals surface area (Å²) in [5.41, 5.74) is 4.21. The molecule has 0 amide bonds. The van der Waals surface area contributed by atoms with Gasteiger partial charge in [0.25, 0.3) is 0 Å². The molecule has 0 spiro atoms. The third kappa shape index (κ3) is 4.63. The number of H-pyrrole nitrogens is 1. The molecule has 3 N–H and O–H groups in total. The number of nitrogens with one attached hydrogen (secondary N) is 1. The van der Waals surface area contributed by atoms with Crippen molar-refractivity contribution in [3.63, 3.8) is 0 Å². The van der Waals surface area contributed by atoms with Crippen LogP contribution in [-0.2, 0) is 19.6 Å². The van der Waals surface area contributed by atoms with Crippen LogP contribution in [0.2, 0.25) is 0 Å². The van der Waals surface area contributed by atoms with Crippen molar-refractivity contribution < 1.29 is 19.2 Å². The van der Waals surface area contributed by atoms with E-state index in [1.807, 2.05) is 24.3 Å². The zero-order chi connectivity index (χ0) is 20.8. The fourth-order valence-electron chi connectivity index (χ4n) is 3.59. The molecular weight excluding hydrogens is 379 g/mol. The molecular formula is C25H26FN2O2+. The van der Waals surface area contributed by atoms with Crippen LogP contribution < -0.4 is 14.8 Å². The molecule has 0 saturated heterocycles. The van der Waals surface area contributed by atoms with E-state index in [0.717, 1.165) is 25.1 Å². The number of aromatic amines is 1. The SMILES string of the molecule is COc1cc(C[NH2+]CCc2c[nH]c3ccccc23)ccc1OCc1ccccc1F. The van der Waals surface area contributed by atoms with Crippen LogP contribution in [0.15, 0.2) is 72.9 Å². The molecule has 5 heteroatoms. The lowest BCUT2D eigenvalue weighted by atomic mass is 10.1. The second kappa shape index (κ2) is 9.46. The van der Waals surface area contributed by atoms with Gasteiger partial charge < -0.3 is 19.8 Å². The Labute approximate surface area is 175 Å². The minimum atomic E-state index is -0.266. The molecule has 1 aromatic heterocycles. The van der Waals surface area contributed by atoms with Gasteiger partial charge >= 0.3 is 0 Å². The first-order valence-corrected chi connectivity index (χ1v) is 10.1. The van der Waals surface area contributed by atoms with Crippen molar-refractivity contribution in [1.82, 2.24) is 4.98 Å². The van der Waals surface area contributed by atoms with Gasteiger partial charge in [0.2, 0.25) is 0 Å². The van der Waals surface area contributed by atoms with Gasteiger partial charge in [-0.15, -0.1) is 0 Å². The number of quaternary nitrogens is 1. The standard InChI is InChI=1S/C25H25FN2O2/c1-29-25-14-18(10-11-24(25)30-17-20-6-2-4-8-22(20)26)15-27-13-12-19-16-28-23-9-5-3-7-21(19)23/h2-11,14,16,27-28H,12-13,15,17H2,1H3/p+1. The van der Waals surface area contributed by atoms with Gasteiger partial charge in [-0.25, -0.2) is 4.39 Å². The third-order valence-electron chi connectivity index (χ3n) is 5.24. The number of hydrogen-bond donors (Lipinski definition) is 2. The fraction of sp³-hybridized carbons (Fsp3) is 0.200. The van der Waals surface area contributed by atoms with E-state index in [1.165, 1.54) is 22.5 Å². The number of rotatable bonds is 9. The molecule has 4 rings (SSSR count). The Morgan fingerprint density at radius 2 is 1.77 bits per heavy atom. The minimum Gasteiger partial charge on any atom is -0.493 e. The molecule has 0 bridgehead atoms. The van der Waals surface area contributed by atoms with Crippen LogP contribution in [0.5, 0.6) is 11.5 Å². The van der Waals surface area contributed by atoms with Gasteiger partial charge in [0.1, 0.15) is 19.0 Å². The van der Waals surface area contributed by atoms with Crippen molar-refractivity contribution >= 4 is 10.9 Å². The molecule has 0 saturated carbocycles. The molecule has 0 aliphatic heterocycles. The first-order valence-electron chi connectivity index (χ1n) is 10.1. The Balaban J connectivity index is 1.32. The first kappa shape index (κ1) is 20.0. The van der Waals surface area contributed by atoms with Crippen molar-refractivity contribution in [3.8, 4) is 11.5 Å². The van der Waals surface area contributed by atoms with Gasteiger partial charge in [-0.3, -0.25) is 0 Å². The maximum atomic E-state index is 13.8. The third-order valence-corrected chi connectivity index (χ3v) is 5.24. The second-order valence-corrected chi connectivity index (χ2v) is 7.26. The van der Waals surface area contributed by atoms with Gasteiger partial charge in [-0.2, -0.15) is 0 Å². The summed E-state index contributed by atoms with van der Waals surface area (Å²) in [6.45, 7) is 2.02. The summed E-state index contributed by atoms with van der Waals surface area (Å²) in [7, 11) is 1.62. The molecule has 3 aromatic carbocycles. The summed E-state index contributed by atoms with van der Waals surface area (Å²) in [6.07, 6.45) is 3.11. The minimum absolute atomic E-state index is 0.166. The smallest absolute Gasteiger partial charge is 0.161 e. The van der Waals surface area contributed by atoms with Crippen molar-refractivity contribution in [3.05, 3.63) is 95.4 Å². The number of halogens is 1. The summed E-state index contributed by atoms with van der Waals surface area (Å²) < 4.78 is 25.1. The molecule has 154 valence electrons. The van der Waals surface area contributed by atoms with Gasteiger partial charge in [0, 0.05) is 34.6 Å². The summed E-state index contributed by atoms with van der Waals surface area (Å²) in [5.74, 6) is 1.01. The van der Waals surface area contributed by atoms with Crippen molar-refractivity contribution in [2.24, 2.45) is 0 Å². The van der Waals surface area contributed by atoms with E-state index in [2.05, 4.69) is 34.7 Å². The highest BCUT2D eigenvalue weighted by Gasteiger charge is 2.09. The highest BCUT2D eigenvalue weighted by Crippen LogP contribution is 2.29. The topological polar surface area (TPSA) is 50.9 Å². The summed E-state index contributed by atoms with van der Waals surface area (Å²) >= 11 is 0. The van der Waals surface area contributed by atoms with Crippen molar-refractivity contribution in [2.75, 3.05) is 13.7 Å². The molecule has 0 atom stereocenters. The molecule has 0 aliphatic rings. The number of benzene rings is 3. The molecule has 0 aliphatic carbocycles. The number of aromatic nitrogens is 1. The van der Waals surface area contributed by atoms with E-state index in [9.17, 15) is 4.39 Å². The first-order chi connectivity index (χ1) is 14.7. The van der Waals surface area contributed by atoms with E-state index in [0.29, 0.717) is 17.1 Å². The van der Waals surface area contributed by atoms with Crippen LogP contribution in [0.25, 0.3) is 10.9 Å². The number of hydrogen-bond acceptors (Lipinski definition) is 2. The molecule has 1 heterocycles. The van der Waals surface area contributed by atoms with E-state index in [4.69, 9.17) is 9.47 Å². The van der Waals surface area contributed by atoms with Crippen LogP contribution in [0.3, 0.4) is 0 Å². The van der Waals surface area contributed by atoms with Crippen molar-refractivity contribution in [2.45, 2.75) is 19.6 Å². The lowest BCUT2D eigenvalue weighted by molar-refractivity contribution is -0.670. The number of nitrogens with two attached hydrogens (primary N) is 1. The molecule has 0 fully saturated rings. The van der Waals surface area contributed by atoms with Crippen LogP contribution in [0, 0.1) is 5.82 Å². The Kier molecular flexibility index (Phi) is 6.30. The lowest BCUT2D eigenvalue weighted by Gasteiger charge is -2.12. The predicted octanol–water partition coefficient (Wildman–Crippen LogP) is 4.20. The zero-order valence-electron chi connectivity index (χ0n) is 17.0. The average Bonchev–Trinajstić information content (AvgIpc) is 3.19. The fourth-order valence-corrected chi connectivity index (χ4v) is 3.59. The van der Waals surface area contributed by atoms with Gasteiger partial charge in [0.05, 0.1) is 13.7 Å². The Morgan fingerprint density at radius 1 is 0.933 bits per heavy atom. The van der Waals surface area contributed by atoms with Crippen LogP contribution in [0.1, 0.15) is 16.7 Å². The van der Waals surface area contributed by atoms with Gasteiger partial charge in [0.15, 0.2) is 11.5 Å². The zero-order valence-corrected chi connectivity index (χ0v) is 17.0. The Morgan fingerprint density at radius 3 is 2.63 bits per heavy atom. The normalized spacial score (nSPS) is 11.0. The molecule has 0 unspecified atom stereocenters. The van der Waals surface area contributed by atoms with Crippen molar-refractivity contribution in [1.29, 1.82) is 0 Å². The second-order valence-electron chi connectivity index (χ2n) is 7.26. The Bertz CT molecular complexity index is 1120. The van der Waals surface area contributed by atoms with Gasteiger partial charge in [-0.1, -0.05) is 36.4 Å². The maximum absolute atomic E-state index is 13.8. The quantitative estimate of drug-likeness (QED) is 0.410. The number of methoxy groups -OCH3 is 1. The van der Waals surface area contributed by atoms with E-state index in [-0.39, 0.29) is 12.4 Å². The highest BCUT2D eigenvalue weighted by atomic mass is 19.1. The average molecular weight is 405 g/mol. The monoisotopic (exact) mass is 405 g/mol. The van der Waals surface area contributed by atoms with Crippen LogP contribution in [0.4, 0.5) is 4.39 Å². The van der Waals surface area contributed by atoms with E-state index < -0.39 is 0 Å². The molecule has 30 heavy (non-hydrogen) atoms. The summed E-state index contributed by atoms with van der Waals surface area (Å²) in [5, 5.41) is 3.58. The molecule has 4 nitrogen and oxygen atoms in total. The van der Waals surface area contributed by atoms with Crippen LogP contribution in [-0.4, -0.2) is 18.6 Å². The largest absolute Gasteiger partial charge is 0.493 e. The number of para-hydroxylation sites is 1. The van der Waals surface area contributed by atoms with Gasteiger partial charge in [-0.05, 0) is 35.9 Å². The number of fused-ring (bicyclic) bond motifs is 1. The summed E-state index contributed by atoms with van der Waals surface area (Å²) in [6, 6.07) is 20.9. The maximum Gasteiger partial charge on any atom is 0.161 e. The highest BCUT2D eigenvalue weighted by molar-refractivity contribution is 5.83. The Hall–Kier alpha value is -3.31. The van der Waals surface area contributed by atoms with E-state index in [1.54, 1.807) is 25.3 Å². The molecule has 4 aromatic rings. The number of ether oxygens (including phenoxy) is 2. The summed E-state index contributed by atoms with van der Waals surface area (Å²) in [4.78, 5) is 3.33. The van der Waals surface area contributed by atoms with Crippen LogP contribution >= 0.6 is 0 Å².